The van der Waals surface area contributed by atoms with E-state index in [0.29, 0.717) is 6.04 Å². The molecule has 0 bridgehead atoms. The van der Waals surface area contributed by atoms with Gasteiger partial charge in [-0.15, -0.1) is 0 Å². The number of nitrogens with zero attached hydrogens (tertiary/aromatic N) is 1. The fraction of sp³-hybridized carbons (Fsp3) is 0.667. The molecule has 0 amide bonds. The van der Waals surface area contributed by atoms with E-state index in [4.69, 9.17) is 4.42 Å². The molecule has 0 aliphatic rings. The lowest BCUT2D eigenvalue weighted by molar-refractivity contribution is 0.241. The molecule has 0 saturated heterocycles. The highest BCUT2D eigenvalue weighted by Gasteiger charge is 2.07. The molecule has 0 atom stereocenters. The molecule has 1 rings (SSSR count). The van der Waals surface area contributed by atoms with Crippen LogP contribution in [0.1, 0.15) is 32.3 Å². The van der Waals surface area contributed by atoms with Gasteiger partial charge in [-0.25, -0.2) is 0 Å². The van der Waals surface area contributed by atoms with E-state index in [1.165, 1.54) is 0 Å². The molecule has 0 spiro atoms. The van der Waals surface area contributed by atoms with Gasteiger partial charge in [0.05, 0.1) is 13.1 Å². The van der Waals surface area contributed by atoms with Gasteiger partial charge in [-0.05, 0) is 39.6 Å². The van der Waals surface area contributed by atoms with Crippen LogP contribution in [-0.2, 0) is 13.1 Å². The maximum atomic E-state index is 5.70. The second-order valence-corrected chi connectivity index (χ2v) is 4.16. The topological polar surface area (TPSA) is 28.4 Å². The normalized spacial score (nSPS) is 11.6. The Labute approximate surface area is 92.5 Å². The molecule has 0 aliphatic carbocycles. The van der Waals surface area contributed by atoms with Gasteiger partial charge in [0.2, 0.25) is 0 Å². The van der Waals surface area contributed by atoms with Crippen molar-refractivity contribution in [2.75, 3.05) is 13.6 Å². The van der Waals surface area contributed by atoms with Crippen molar-refractivity contribution < 1.29 is 4.42 Å². The van der Waals surface area contributed by atoms with E-state index >= 15 is 0 Å². The van der Waals surface area contributed by atoms with Crippen LogP contribution in [0.2, 0.25) is 0 Å². The van der Waals surface area contributed by atoms with Crippen LogP contribution in [0, 0.1) is 0 Å². The van der Waals surface area contributed by atoms with Crippen LogP contribution < -0.4 is 5.32 Å². The zero-order valence-electron chi connectivity index (χ0n) is 10.2. The second-order valence-electron chi connectivity index (χ2n) is 4.16. The summed E-state index contributed by atoms with van der Waals surface area (Å²) in [6.45, 7) is 9.13. The van der Waals surface area contributed by atoms with Crippen molar-refractivity contribution in [2.45, 2.75) is 39.9 Å². The predicted octanol–water partition coefficient (Wildman–Crippen LogP) is 2.23. The van der Waals surface area contributed by atoms with Gasteiger partial charge in [0.1, 0.15) is 11.5 Å². The molecule has 86 valence electrons. The Bertz CT molecular complexity index is 281. The maximum absolute atomic E-state index is 5.70. The first-order chi connectivity index (χ1) is 7.13. The Morgan fingerprint density at radius 3 is 2.60 bits per heavy atom. The quantitative estimate of drug-likeness (QED) is 0.780. The third-order valence-electron chi connectivity index (χ3n) is 2.55. The molecule has 1 aromatic heterocycles. The highest BCUT2D eigenvalue weighted by atomic mass is 16.3. The van der Waals surface area contributed by atoms with Gasteiger partial charge >= 0.3 is 0 Å². The van der Waals surface area contributed by atoms with Gasteiger partial charge in [-0.2, -0.15) is 0 Å². The first-order valence-electron chi connectivity index (χ1n) is 5.62. The van der Waals surface area contributed by atoms with Crippen LogP contribution in [-0.4, -0.2) is 24.5 Å². The van der Waals surface area contributed by atoms with Crippen molar-refractivity contribution >= 4 is 0 Å². The van der Waals surface area contributed by atoms with Gasteiger partial charge in [0, 0.05) is 6.04 Å². The Morgan fingerprint density at radius 2 is 2.00 bits per heavy atom. The van der Waals surface area contributed by atoms with E-state index in [1.54, 1.807) is 0 Å². The first kappa shape index (κ1) is 12.3. The second kappa shape index (κ2) is 5.93. The minimum atomic E-state index is 0.548. The van der Waals surface area contributed by atoms with Crippen LogP contribution in [0.15, 0.2) is 16.5 Å². The lowest BCUT2D eigenvalue weighted by Gasteiger charge is -2.19. The summed E-state index contributed by atoms with van der Waals surface area (Å²) in [4.78, 5) is 2.26. The molecular weight excluding hydrogens is 188 g/mol. The third-order valence-corrected chi connectivity index (χ3v) is 2.55. The zero-order chi connectivity index (χ0) is 11.3. The Morgan fingerprint density at radius 1 is 1.33 bits per heavy atom. The van der Waals surface area contributed by atoms with Crippen LogP contribution >= 0.6 is 0 Å². The van der Waals surface area contributed by atoms with Gasteiger partial charge < -0.3 is 9.73 Å². The van der Waals surface area contributed by atoms with Crippen molar-refractivity contribution in [1.29, 1.82) is 0 Å². The van der Waals surface area contributed by atoms with E-state index in [2.05, 4.69) is 44.1 Å². The Balaban J connectivity index is 2.45. The summed E-state index contributed by atoms with van der Waals surface area (Å²) in [6, 6.07) is 4.66. The molecule has 1 heterocycles. The molecule has 3 heteroatoms. The summed E-state index contributed by atoms with van der Waals surface area (Å²) in [5.74, 6) is 2.06. The third kappa shape index (κ3) is 4.06. The SMILES string of the molecule is CCNCc1ccc(CN(C)C(C)C)o1. The van der Waals surface area contributed by atoms with Gasteiger partial charge in [-0.3, -0.25) is 4.90 Å². The monoisotopic (exact) mass is 210 g/mol. The smallest absolute Gasteiger partial charge is 0.118 e. The van der Waals surface area contributed by atoms with Crippen LogP contribution in [0.4, 0.5) is 0 Å². The van der Waals surface area contributed by atoms with Crippen molar-refractivity contribution in [3.63, 3.8) is 0 Å². The molecule has 0 saturated carbocycles. The average Bonchev–Trinajstić information content (AvgIpc) is 2.62. The van der Waals surface area contributed by atoms with E-state index in [0.717, 1.165) is 31.2 Å². The fourth-order valence-corrected chi connectivity index (χ4v) is 1.28. The molecule has 1 aromatic rings. The summed E-state index contributed by atoms with van der Waals surface area (Å²) in [5.41, 5.74) is 0. The Hall–Kier alpha value is -0.800. The number of nitrogens with one attached hydrogen (secondary N) is 1. The van der Waals surface area contributed by atoms with Crippen molar-refractivity contribution in [3.05, 3.63) is 23.7 Å². The molecule has 15 heavy (non-hydrogen) atoms. The number of hydrogen-bond donors (Lipinski definition) is 1. The molecule has 0 aromatic carbocycles. The minimum Gasteiger partial charge on any atom is -0.463 e. The number of rotatable bonds is 6. The van der Waals surface area contributed by atoms with E-state index < -0.39 is 0 Å². The van der Waals surface area contributed by atoms with Gasteiger partial charge in [0.15, 0.2) is 0 Å². The summed E-state index contributed by atoms with van der Waals surface area (Å²) in [7, 11) is 2.11. The molecule has 0 aliphatic heterocycles. The highest BCUT2D eigenvalue weighted by molar-refractivity contribution is 5.07. The average molecular weight is 210 g/mol. The molecular formula is C12H22N2O. The summed E-state index contributed by atoms with van der Waals surface area (Å²) < 4.78 is 5.70. The Kier molecular flexibility index (Phi) is 4.85. The van der Waals surface area contributed by atoms with Crippen molar-refractivity contribution in [2.24, 2.45) is 0 Å². The highest BCUT2D eigenvalue weighted by Crippen LogP contribution is 2.11. The van der Waals surface area contributed by atoms with Crippen molar-refractivity contribution in [3.8, 4) is 0 Å². The predicted molar refractivity (Wildman–Crippen MR) is 62.7 cm³/mol. The van der Waals surface area contributed by atoms with E-state index in [-0.39, 0.29) is 0 Å². The van der Waals surface area contributed by atoms with Crippen LogP contribution in [0.3, 0.4) is 0 Å². The summed E-state index contributed by atoms with van der Waals surface area (Å²) in [6.07, 6.45) is 0. The molecule has 0 fully saturated rings. The van der Waals surface area contributed by atoms with E-state index in [1.807, 2.05) is 6.07 Å². The molecule has 1 N–H and O–H groups in total. The number of furan rings is 1. The van der Waals surface area contributed by atoms with Crippen LogP contribution in [0.25, 0.3) is 0 Å². The minimum absolute atomic E-state index is 0.548. The summed E-state index contributed by atoms with van der Waals surface area (Å²) in [5, 5.41) is 3.25. The maximum Gasteiger partial charge on any atom is 0.118 e. The molecule has 0 radical (unpaired) electrons. The van der Waals surface area contributed by atoms with Gasteiger partial charge in [0.25, 0.3) is 0 Å². The van der Waals surface area contributed by atoms with E-state index in [9.17, 15) is 0 Å². The fourth-order valence-electron chi connectivity index (χ4n) is 1.28. The summed E-state index contributed by atoms with van der Waals surface area (Å²) >= 11 is 0. The molecule has 3 nitrogen and oxygen atoms in total. The standard InChI is InChI=1S/C12H22N2O/c1-5-13-8-11-6-7-12(15-11)9-14(4)10(2)3/h6-7,10,13H,5,8-9H2,1-4H3. The van der Waals surface area contributed by atoms with Crippen LogP contribution in [0.5, 0.6) is 0 Å². The lowest BCUT2D eigenvalue weighted by atomic mass is 10.3. The first-order valence-corrected chi connectivity index (χ1v) is 5.62. The van der Waals surface area contributed by atoms with Crippen molar-refractivity contribution in [1.82, 2.24) is 10.2 Å². The largest absolute Gasteiger partial charge is 0.463 e. The zero-order valence-corrected chi connectivity index (χ0v) is 10.2. The number of hydrogen-bond acceptors (Lipinski definition) is 3. The van der Waals surface area contributed by atoms with Gasteiger partial charge in [-0.1, -0.05) is 6.92 Å². The lowest BCUT2D eigenvalue weighted by Crippen LogP contribution is -2.25. The molecule has 0 unspecified atom stereocenters.